The lowest BCUT2D eigenvalue weighted by Gasteiger charge is -2.26. The average molecular weight is 248 g/mol. The van der Waals surface area contributed by atoms with Crippen LogP contribution in [0.25, 0.3) is 0 Å². The van der Waals surface area contributed by atoms with Gasteiger partial charge in [-0.25, -0.2) is 0 Å². The van der Waals surface area contributed by atoms with E-state index >= 15 is 0 Å². The normalized spacial score (nSPS) is 26.0. The van der Waals surface area contributed by atoms with Gasteiger partial charge in [0.1, 0.15) is 11.6 Å². The molecule has 98 valence electrons. The Hall–Kier alpha value is -1.39. The predicted molar refractivity (Wildman–Crippen MR) is 67.1 cm³/mol. The van der Waals surface area contributed by atoms with Crippen LogP contribution in [0.5, 0.6) is 0 Å². The van der Waals surface area contributed by atoms with Gasteiger partial charge in [0.15, 0.2) is 0 Å². The first-order valence-corrected chi connectivity index (χ1v) is 6.89. The molecule has 0 radical (unpaired) electrons. The van der Waals surface area contributed by atoms with Crippen LogP contribution in [0.3, 0.4) is 0 Å². The van der Waals surface area contributed by atoms with Crippen molar-refractivity contribution < 1.29 is 4.79 Å². The number of amides is 1. The lowest BCUT2D eigenvalue weighted by atomic mass is 9.94. The number of nitrogens with zero attached hydrogens (tertiary/aromatic N) is 4. The Bertz CT molecular complexity index is 468. The highest BCUT2D eigenvalue weighted by Crippen LogP contribution is 2.36. The molecule has 0 N–H and O–H groups in total. The van der Waals surface area contributed by atoms with Crippen LogP contribution in [-0.2, 0) is 11.2 Å². The molecule has 1 saturated heterocycles. The second-order valence-corrected chi connectivity index (χ2v) is 5.45. The molecule has 0 unspecified atom stereocenters. The number of rotatable bonds is 2. The number of hydrogen-bond acceptors (Lipinski definition) is 3. The van der Waals surface area contributed by atoms with Crippen LogP contribution in [0.4, 0.5) is 0 Å². The second-order valence-electron chi connectivity index (χ2n) is 5.45. The third-order valence-corrected chi connectivity index (χ3v) is 4.23. The van der Waals surface area contributed by atoms with Crippen molar-refractivity contribution in [2.45, 2.75) is 45.6 Å². The lowest BCUT2D eigenvalue weighted by molar-refractivity contribution is -0.130. The van der Waals surface area contributed by atoms with Crippen LogP contribution in [0, 0.1) is 12.8 Å². The van der Waals surface area contributed by atoms with E-state index in [1.807, 2.05) is 11.8 Å². The molecule has 0 saturated carbocycles. The van der Waals surface area contributed by atoms with Crippen molar-refractivity contribution in [1.29, 1.82) is 0 Å². The molecule has 0 spiro atoms. The van der Waals surface area contributed by atoms with E-state index in [0.717, 1.165) is 44.0 Å². The summed E-state index contributed by atoms with van der Waals surface area (Å²) in [6.07, 6.45) is 3.74. The zero-order valence-corrected chi connectivity index (χ0v) is 11.1. The Balaban J connectivity index is 1.82. The highest BCUT2D eigenvalue weighted by atomic mass is 16.2. The summed E-state index contributed by atoms with van der Waals surface area (Å²) in [5, 5.41) is 8.41. The van der Waals surface area contributed by atoms with E-state index in [0.29, 0.717) is 24.3 Å². The zero-order valence-electron chi connectivity index (χ0n) is 11.1. The number of carbonyl (C=O) groups is 1. The summed E-state index contributed by atoms with van der Waals surface area (Å²) in [5.74, 6) is 2.98. The van der Waals surface area contributed by atoms with Crippen LogP contribution < -0.4 is 0 Å². The Morgan fingerprint density at radius 1 is 1.39 bits per heavy atom. The summed E-state index contributed by atoms with van der Waals surface area (Å²) in [6.45, 7) is 5.83. The van der Waals surface area contributed by atoms with Gasteiger partial charge in [0, 0.05) is 25.9 Å². The maximum atomic E-state index is 12.0. The fourth-order valence-electron chi connectivity index (χ4n) is 3.34. The van der Waals surface area contributed by atoms with Crippen LogP contribution in [-0.4, -0.2) is 38.7 Å². The predicted octanol–water partition coefficient (Wildman–Crippen LogP) is 1.33. The van der Waals surface area contributed by atoms with Gasteiger partial charge in [-0.1, -0.05) is 6.92 Å². The van der Waals surface area contributed by atoms with Gasteiger partial charge in [0.25, 0.3) is 0 Å². The second kappa shape index (κ2) is 4.37. The van der Waals surface area contributed by atoms with E-state index in [4.69, 9.17) is 0 Å². The van der Waals surface area contributed by atoms with Crippen molar-refractivity contribution in [1.82, 2.24) is 19.7 Å². The van der Waals surface area contributed by atoms with Crippen molar-refractivity contribution >= 4 is 5.91 Å². The summed E-state index contributed by atoms with van der Waals surface area (Å²) < 4.78 is 2.26. The number of aromatic nitrogens is 3. The fourth-order valence-corrected chi connectivity index (χ4v) is 3.34. The molecular weight excluding hydrogens is 228 g/mol. The van der Waals surface area contributed by atoms with E-state index in [9.17, 15) is 4.79 Å². The molecule has 5 nitrogen and oxygen atoms in total. The van der Waals surface area contributed by atoms with Crippen LogP contribution >= 0.6 is 0 Å². The molecular formula is C13H20N4O. The fraction of sp³-hybridized carbons (Fsp3) is 0.769. The molecule has 0 bridgehead atoms. The number of carbonyl (C=O) groups excluding carboxylic acids is 1. The summed E-state index contributed by atoms with van der Waals surface area (Å²) in [6, 6.07) is 0.407. The zero-order chi connectivity index (χ0) is 12.7. The molecule has 2 aliphatic rings. The third-order valence-electron chi connectivity index (χ3n) is 4.23. The Labute approximate surface area is 107 Å². The van der Waals surface area contributed by atoms with Crippen molar-refractivity contribution in [3.8, 4) is 0 Å². The molecule has 1 amide bonds. The minimum absolute atomic E-state index is 0.305. The minimum atomic E-state index is 0.305. The Morgan fingerprint density at radius 2 is 2.22 bits per heavy atom. The summed E-state index contributed by atoms with van der Waals surface area (Å²) >= 11 is 0. The molecule has 3 rings (SSSR count). The molecule has 2 atom stereocenters. The van der Waals surface area contributed by atoms with Gasteiger partial charge in [0.05, 0.1) is 6.04 Å². The van der Waals surface area contributed by atoms with Crippen molar-refractivity contribution in [2.24, 2.45) is 5.92 Å². The average Bonchev–Trinajstić information content (AvgIpc) is 2.92. The first-order valence-electron chi connectivity index (χ1n) is 6.89. The van der Waals surface area contributed by atoms with Gasteiger partial charge < -0.3 is 9.47 Å². The van der Waals surface area contributed by atoms with Crippen LogP contribution in [0.15, 0.2) is 0 Å². The number of likely N-dealkylation sites (tertiary alicyclic amines) is 1. The minimum Gasteiger partial charge on any atom is -0.340 e. The van der Waals surface area contributed by atoms with E-state index in [2.05, 4.69) is 21.7 Å². The standard InChI is InChI=1S/C13H20N4O/c1-3-4-13(18)16-7-10-5-6-12-15-14-9(2)17(12)11(10)8-16/h10-11H,3-8H2,1-2H3/t10-,11+/m1/s1. The number of hydrogen-bond donors (Lipinski definition) is 0. The van der Waals surface area contributed by atoms with Crippen molar-refractivity contribution in [3.05, 3.63) is 11.6 Å². The van der Waals surface area contributed by atoms with Gasteiger partial charge in [-0.15, -0.1) is 10.2 Å². The van der Waals surface area contributed by atoms with Gasteiger partial charge >= 0.3 is 0 Å². The maximum absolute atomic E-state index is 12.0. The monoisotopic (exact) mass is 248 g/mol. The van der Waals surface area contributed by atoms with Gasteiger partial charge in [-0.2, -0.15) is 0 Å². The first-order chi connectivity index (χ1) is 8.70. The largest absolute Gasteiger partial charge is 0.340 e. The van der Waals surface area contributed by atoms with E-state index < -0.39 is 0 Å². The summed E-state index contributed by atoms with van der Waals surface area (Å²) in [7, 11) is 0. The third kappa shape index (κ3) is 1.72. The smallest absolute Gasteiger partial charge is 0.222 e. The summed E-state index contributed by atoms with van der Waals surface area (Å²) in [4.78, 5) is 14.0. The molecule has 5 heteroatoms. The summed E-state index contributed by atoms with van der Waals surface area (Å²) in [5.41, 5.74) is 0. The molecule has 0 aromatic carbocycles. The van der Waals surface area contributed by atoms with Crippen molar-refractivity contribution in [2.75, 3.05) is 13.1 Å². The quantitative estimate of drug-likeness (QED) is 0.793. The van der Waals surface area contributed by atoms with Gasteiger partial charge in [-0.05, 0) is 25.7 Å². The SMILES string of the molecule is CCCC(=O)N1C[C@H]2CCc3nnc(C)n3[C@H]2C1. The van der Waals surface area contributed by atoms with E-state index in [1.54, 1.807) is 0 Å². The Morgan fingerprint density at radius 3 is 3.00 bits per heavy atom. The highest BCUT2D eigenvalue weighted by molar-refractivity contribution is 5.76. The first kappa shape index (κ1) is 11.7. The van der Waals surface area contributed by atoms with Gasteiger partial charge in [0.2, 0.25) is 5.91 Å². The number of fused-ring (bicyclic) bond motifs is 3. The number of aryl methyl sites for hydroxylation is 2. The Kier molecular flexibility index (Phi) is 2.84. The van der Waals surface area contributed by atoms with Crippen molar-refractivity contribution in [3.63, 3.8) is 0 Å². The topological polar surface area (TPSA) is 51.0 Å². The van der Waals surface area contributed by atoms with E-state index in [1.165, 1.54) is 0 Å². The van der Waals surface area contributed by atoms with Crippen LogP contribution in [0.2, 0.25) is 0 Å². The molecule has 18 heavy (non-hydrogen) atoms. The highest BCUT2D eigenvalue weighted by Gasteiger charge is 2.40. The van der Waals surface area contributed by atoms with Crippen LogP contribution in [0.1, 0.15) is 43.9 Å². The molecule has 0 aliphatic carbocycles. The molecule has 1 fully saturated rings. The van der Waals surface area contributed by atoms with Gasteiger partial charge in [-0.3, -0.25) is 4.79 Å². The molecule has 3 heterocycles. The maximum Gasteiger partial charge on any atom is 0.222 e. The lowest BCUT2D eigenvalue weighted by Crippen LogP contribution is -2.29. The van der Waals surface area contributed by atoms with E-state index in [-0.39, 0.29) is 0 Å². The molecule has 1 aromatic rings. The molecule has 2 aliphatic heterocycles. The molecule has 1 aromatic heterocycles.